The van der Waals surface area contributed by atoms with E-state index in [4.69, 9.17) is 11.6 Å². The Morgan fingerprint density at radius 3 is 2.62 bits per heavy atom. The van der Waals surface area contributed by atoms with Gasteiger partial charge >= 0.3 is 0 Å². The van der Waals surface area contributed by atoms with Crippen molar-refractivity contribution in [2.45, 2.75) is 13.0 Å². The predicted octanol–water partition coefficient (Wildman–Crippen LogP) is 3.98. The normalized spacial score (nSPS) is 18.0. The average Bonchev–Trinajstić information content (AvgIpc) is 2.56. The summed E-state index contributed by atoms with van der Waals surface area (Å²) in [6.45, 7) is 2.70. The third-order valence-electron chi connectivity index (χ3n) is 4.11. The Morgan fingerprint density at radius 2 is 1.92 bits per heavy atom. The van der Waals surface area contributed by atoms with Gasteiger partial charge in [-0.05, 0) is 43.3 Å². The minimum Gasteiger partial charge on any atom is -0.325 e. The molecule has 0 N–H and O–H groups in total. The lowest BCUT2D eigenvalue weighted by Crippen LogP contribution is -2.57. The first kappa shape index (κ1) is 17.0. The number of piperazine rings is 1. The van der Waals surface area contributed by atoms with Crippen LogP contribution in [0.25, 0.3) is 0 Å². The Balaban J connectivity index is 1.81. The van der Waals surface area contributed by atoms with Crippen molar-refractivity contribution in [2.24, 2.45) is 0 Å². The lowest BCUT2D eigenvalue weighted by Gasteiger charge is -2.39. The fraction of sp³-hybridized carbons (Fsp3) is 0.222. The molecule has 24 heavy (non-hydrogen) atoms. The second kappa shape index (κ2) is 6.95. The number of hydrogen-bond donors (Lipinski definition) is 0. The Bertz CT molecular complexity index is 796. The largest absolute Gasteiger partial charge is 0.325 e. The van der Waals surface area contributed by atoms with Crippen LogP contribution in [-0.4, -0.2) is 35.8 Å². The van der Waals surface area contributed by atoms with Gasteiger partial charge in [0.05, 0.1) is 0 Å². The van der Waals surface area contributed by atoms with E-state index in [1.54, 1.807) is 41.0 Å². The number of halogens is 2. The van der Waals surface area contributed by atoms with Crippen molar-refractivity contribution < 1.29 is 9.59 Å². The Hall–Kier alpha value is -1.85. The summed E-state index contributed by atoms with van der Waals surface area (Å²) in [7, 11) is 0. The number of carbonyl (C=O) groups excluding carboxylic acids is 2. The number of anilines is 1. The van der Waals surface area contributed by atoms with E-state index in [2.05, 4.69) is 15.9 Å². The summed E-state index contributed by atoms with van der Waals surface area (Å²) in [5.41, 5.74) is 1.33. The second-order valence-electron chi connectivity index (χ2n) is 5.65. The molecule has 6 heteroatoms. The number of carbonyl (C=O) groups is 2. The molecule has 2 aromatic carbocycles. The summed E-state index contributed by atoms with van der Waals surface area (Å²) in [4.78, 5) is 28.8. The molecule has 1 atom stereocenters. The molecular weight excluding hydrogens is 392 g/mol. The Labute approximate surface area is 154 Å². The van der Waals surface area contributed by atoms with Gasteiger partial charge in [-0.2, -0.15) is 0 Å². The summed E-state index contributed by atoms with van der Waals surface area (Å²) in [6.07, 6.45) is 0. The smallest absolute Gasteiger partial charge is 0.254 e. The molecule has 0 aliphatic carbocycles. The number of amides is 2. The maximum Gasteiger partial charge on any atom is 0.254 e. The van der Waals surface area contributed by atoms with Gasteiger partial charge in [0, 0.05) is 33.8 Å². The minimum atomic E-state index is -0.524. The van der Waals surface area contributed by atoms with Crippen LogP contribution in [0, 0.1) is 0 Å². The maximum absolute atomic E-state index is 12.7. The molecule has 3 rings (SSSR count). The van der Waals surface area contributed by atoms with Gasteiger partial charge in [0.2, 0.25) is 5.91 Å². The molecule has 0 saturated carbocycles. The van der Waals surface area contributed by atoms with Gasteiger partial charge in [-0.1, -0.05) is 39.7 Å². The predicted molar refractivity (Wildman–Crippen MR) is 98.4 cm³/mol. The molecule has 2 aromatic rings. The molecule has 4 nitrogen and oxygen atoms in total. The molecule has 1 heterocycles. The van der Waals surface area contributed by atoms with Crippen LogP contribution in [0.1, 0.15) is 17.3 Å². The maximum atomic E-state index is 12.7. The van der Waals surface area contributed by atoms with Crippen molar-refractivity contribution in [1.29, 1.82) is 0 Å². The first-order chi connectivity index (χ1) is 11.5. The molecule has 1 aliphatic heterocycles. The van der Waals surface area contributed by atoms with Gasteiger partial charge < -0.3 is 9.80 Å². The molecule has 0 aromatic heterocycles. The zero-order valence-corrected chi connectivity index (χ0v) is 15.4. The lowest BCUT2D eigenvalue weighted by molar-refractivity contribution is -0.124. The molecule has 1 fully saturated rings. The van der Waals surface area contributed by atoms with Crippen molar-refractivity contribution in [3.63, 3.8) is 0 Å². The van der Waals surface area contributed by atoms with E-state index in [1.807, 2.05) is 24.3 Å². The van der Waals surface area contributed by atoms with Gasteiger partial charge in [-0.15, -0.1) is 0 Å². The second-order valence-corrected chi connectivity index (χ2v) is 7.01. The summed E-state index contributed by atoms with van der Waals surface area (Å²) >= 11 is 9.38. The molecular formula is C18H16BrClN2O2. The number of benzene rings is 2. The van der Waals surface area contributed by atoms with Crippen LogP contribution in [0.2, 0.25) is 5.02 Å². The van der Waals surface area contributed by atoms with E-state index < -0.39 is 6.04 Å². The van der Waals surface area contributed by atoms with E-state index in [0.29, 0.717) is 23.7 Å². The minimum absolute atomic E-state index is 0.0882. The first-order valence-corrected chi connectivity index (χ1v) is 8.78. The Kier molecular flexibility index (Phi) is 4.92. The molecule has 0 unspecified atom stereocenters. The monoisotopic (exact) mass is 406 g/mol. The Morgan fingerprint density at radius 1 is 1.17 bits per heavy atom. The van der Waals surface area contributed by atoms with Crippen LogP contribution < -0.4 is 4.90 Å². The average molecular weight is 408 g/mol. The highest BCUT2D eigenvalue weighted by Crippen LogP contribution is 2.25. The van der Waals surface area contributed by atoms with Gasteiger partial charge in [0.15, 0.2) is 0 Å². The SMILES string of the molecule is C[C@H]1C(=O)N(c2cccc(Br)c2)CCN1C(=O)c1cccc(Cl)c1. The van der Waals surface area contributed by atoms with Crippen molar-refractivity contribution in [3.8, 4) is 0 Å². The molecule has 2 amide bonds. The summed E-state index contributed by atoms with van der Waals surface area (Å²) < 4.78 is 0.915. The van der Waals surface area contributed by atoms with E-state index in [-0.39, 0.29) is 11.8 Å². The van der Waals surface area contributed by atoms with E-state index in [1.165, 1.54) is 0 Å². The molecule has 0 spiro atoms. The highest BCUT2D eigenvalue weighted by molar-refractivity contribution is 9.10. The van der Waals surface area contributed by atoms with Crippen LogP contribution in [0.4, 0.5) is 5.69 Å². The van der Waals surface area contributed by atoms with Crippen molar-refractivity contribution >= 4 is 45.0 Å². The number of rotatable bonds is 2. The van der Waals surface area contributed by atoms with E-state index >= 15 is 0 Å². The highest BCUT2D eigenvalue weighted by Gasteiger charge is 2.35. The number of nitrogens with zero attached hydrogens (tertiary/aromatic N) is 2. The fourth-order valence-corrected chi connectivity index (χ4v) is 3.41. The fourth-order valence-electron chi connectivity index (χ4n) is 2.84. The van der Waals surface area contributed by atoms with Crippen LogP contribution in [0.3, 0.4) is 0 Å². The van der Waals surface area contributed by atoms with Crippen molar-refractivity contribution in [3.05, 3.63) is 63.6 Å². The summed E-state index contributed by atoms with van der Waals surface area (Å²) in [5.74, 6) is -0.262. The van der Waals surface area contributed by atoms with Crippen LogP contribution >= 0.6 is 27.5 Å². The first-order valence-electron chi connectivity index (χ1n) is 7.61. The van der Waals surface area contributed by atoms with Crippen LogP contribution in [0.15, 0.2) is 53.0 Å². The van der Waals surface area contributed by atoms with Crippen molar-refractivity contribution in [1.82, 2.24) is 4.90 Å². The van der Waals surface area contributed by atoms with Gasteiger partial charge in [-0.25, -0.2) is 0 Å². The van der Waals surface area contributed by atoms with E-state index in [9.17, 15) is 9.59 Å². The molecule has 1 aliphatic rings. The third kappa shape index (κ3) is 3.32. The lowest BCUT2D eigenvalue weighted by atomic mass is 10.1. The van der Waals surface area contributed by atoms with Gasteiger partial charge in [-0.3, -0.25) is 9.59 Å². The topological polar surface area (TPSA) is 40.6 Å². The van der Waals surface area contributed by atoms with Crippen molar-refractivity contribution in [2.75, 3.05) is 18.0 Å². The number of hydrogen-bond acceptors (Lipinski definition) is 2. The van der Waals surface area contributed by atoms with Crippen LogP contribution in [-0.2, 0) is 4.79 Å². The summed E-state index contributed by atoms with van der Waals surface area (Å²) in [6, 6.07) is 13.9. The zero-order chi connectivity index (χ0) is 17.3. The highest BCUT2D eigenvalue weighted by atomic mass is 79.9. The third-order valence-corrected chi connectivity index (χ3v) is 4.84. The van der Waals surface area contributed by atoms with Gasteiger partial charge in [0.25, 0.3) is 5.91 Å². The van der Waals surface area contributed by atoms with Crippen LogP contribution in [0.5, 0.6) is 0 Å². The standard InChI is InChI=1S/C18H16BrClN2O2/c1-12-17(23)22(16-7-3-5-14(19)11-16)9-8-21(12)18(24)13-4-2-6-15(20)10-13/h2-7,10-12H,8-9H2,1H3/t12-/m0/s1. The molecule has 124 valence electrons. The molecule has 0 bridgehead atoms. The van der Waals surface area contributed by atoms with E-state index in [0.717, 1.165) is 10.2 Å². The molecule has 0 radical (unpaired) electrons. The van der Waals surface area contributed by atoms with Gasteiger partial charge in [0.1, 0.15) is 6.04 Å². The summed E-state index contributed by atoms with van der Waals surface area (Å²) in [5, 5.41) is 0.507. The zero-order valence-electron chi connectivity index (χ0n) is 13.1. The molecule has 1 saturated heterocycles. The quantitative estimate of drug-likeness (QED) is 0.755.